The van der Waals surface area contributed by atoms with Gasteiger partial charge in [-0.05, 0) is 0 Å². The highest BCUT2D eigenvalue weighted by Crippen LogP contribution is 2.37. The number of rotatable bonds is 0. The van der Waals surface area contributed by atoms with Crippen molar-refractivity contribution in [2.45, 2.75) is 6.42 Å². The van der Waals surface area contributed by atoms with Crippen molar-refractivity contribution in [1.82, 2.24) is 0 Å². The minimum atomic E-state index is -0.0388. The van der Waals surface area contributed by atoms with E-state index in [2.05, 4.69) is 0 Å². The molecule has 10 heavy (non-hydrogen) atoms. The minimum Gasteiger partial charge on any atom is -0.379 e. The van der Waals surface area contributed by atoms with Crippen LogP contribution in [0.25, 0.3) is 0 Å². The molecule has 3 heteroatoms. The molecule has 0 atom stereocenters. The monoisotopic (exact) mass is 158 g/mol. The number of carbonyl (C=O) groups is 1. The largest absolute Gasteiger partial charge is 0.379 e. The lowest BCUT2D eigenvalue weighted by atomic mass is 9.82. The van der Waals surface area contributed by atoms with Gasteiger partial charge in [-0.1, -0.05) is 0 Å². The van der Waals surface area contributed by atoms with Gasteiger partial charge in [-0.3, -0.25) is 4.79 Å². The van der Waals surface area contributed by atoms with E-state index in [1.165, 1.54) is 0 Å². The summed E-state index contributed by atoms with van der Waals surface area (Å²) in [5, 5.41) is 0. The molecule has 0 bridgehead atoms. The van der Waals surface area contributed by atoms with Gasteiger partial charge >= 0.3 is 0 Å². The van der Waals surface area contributed by atoms with Crippen LogP contribution in [0.5, 0.6) is 0 Å². The molecule has 0 aliphatic carbocycles. The summed E-state index contributed by atoms with van der Waals surface area (Å²) in [4.78, 5) is 11.3. The zero-order valence-electron chi connectivity index (χ0n) is 5.76. The van der Waals surface area contributed by atoms with Gasteiger partial charge in [0.1, 0.15) is 5.78 Å². The summed E-state index contributed by atoms with van der Waals surface area (Å²) in [5.74, 6) is 2.43. The van der Waals surface area contributed by atoms with Crippen LogP contribution in [0.1, 0.15) is 6.42 Å². The number of carbonyl (C=O) groups excluding carboxylic acids is 1. The summed E-state index contributed by atoms with van der Waals surface area (Å²) in [5.41, 5.74) is -0.0388. The Bertz CT molecular complexity index is 163. The first kappa shape index (κ1) is 6.68. The number of thioether (sulfide) groups is 1. The van der Waals surface area contributed by atoms with Crippen LogP contribution in [0.15, 0.2) is 0 Å². The molecule has 2 aliphatic heterocycles. The molecule has 2 rings (SSSR count). The summed E-state index contributed by atoms with van der Waals surface area (Å²) in [6, 6.07) is 0. The van der Waals surface area contributed by atoms with Crippen LogP contribution in [0.3, 0.4) is 0 Å². The Morgan fingerprint density at radius 3 is 2.70 bits per heavy atom. The molecule has 2 saturated heterocycles. The predicted octanol–water partition coefficient (Wildman–Crippen LogP) is 0.709. The second-order valence-corrected chi connectivity index (χ2v) is 4.10. The molecule has 56 valence electrons. The van der Waals surface area contributed by atoms with E-state index in [1.54, 1.807) is 0 Å². The maximum atomic E-state index is 11.3. The standard InChI is InChI=1S/C7H10O2S/c8-6-1-2-10-5-7(6)3-9-4-7/h1-5H2. The van der Waals surface area contributed by atoms with Gasteiger partial charge < -0.3 is 4.74 Å². The maximum Gasteiger partial charge on any atom is 0.145 e. The molecule has 1 spiro atoms. The van der Waals surface area contributed by atoms with Gasteiger partial charge in [0, 0.05) is 17.9 Å². The molecule has 0 aromatic rings. The molecule has 2 heterocycles. The Balaban J connectivity index is 2.10. The average Bonchev–Trinajstić information content (AvgIpc) is 1.85. The van der Waals surface area contributed by atoms with Gasteiger partial charge in [0.25, 0.3) is 0 Å². The van der Waals surface area contributed by atoms with Crippen LogP contribution in [-0.4, -0.2) is 30.5 Å². The first-order chi connectivity index (χ1) is 4.83. The quantitative estimate of drug-likeness (QED) is 0.519. The first-order valence-corrected chi connectivity index (χ1v) is 4.68. The number of Topliss-reactive ketones (excluding diaryl/α,β-unsaturated/α-hetero) is 1. The topological polar surface area (TPSA) is 26.3 Å². The van der Waals surface area contributed by atoms with Gasteiger partial charge in [0.2, 0.25) is 0 Å². The van der Waals surface area contributed by atoms with Gasteiger partial charge in [0.15, 0.2) is 0 Å². The van der Waals surface area contributed by atoms with E-state index in [4.69, 9.17) is 4.74 Å². The van der Waals surface area contributed by atoms with E-state index < -0.39 is 0 Å². The number of ether oxygens (including phenoxy) is 1. The van der Waals surface area contributed by atoms with Gasteiger partial charge in [0.05, 0.1) is 18.6 Å². The second-order valence-electron chi connectivity index (χ2n) is 3.00. The highest BCUT2D eigenvalue weighted by Gasteiger charge is 2.46. The Morgan fingerprint density at radius 1 is 1.50 bits per heavy atom. The molecule has 0 unspecified atom stereocenters. The number of ketones is 1. The van der Waals surface area contributed by atoms with Gasteiger partial charge in [-0.15, -0.1) is 0 Å². The molecule has 0 amide bonds. The van der Waals surface area contributed by atoms with Crippen molar-refractivity contribution in [3.05, 3.63) is 0 Å². The van der Waals surface area contributed by atoms with Crippen molar-refractivity contribution < 1.29 is 9.53 Å². The summed E-state index contributed by atoms with van der Waals surface area (Å²) >= 11 is 1.88. The Morgan fingerprint density at radius 2 is 2.30 bits per heavy atom. The first-order valence-electron chi connectivity index (χ1n) is 3.52. The molecule has 2 fully saturated rings. The van der Waals surface area contributed by atoms with E-state index in [1.807, 2.05) is 11.8 Å². The van der Waals surface area contributed by atoms with Gasteiger partial charge in [-0.2, -0.15) is 11.8 Å². The maximum absolute atomic E-state index is 11.3. The van der Waals surface area contributed by atoms with Gasteiger partial charge in [-0.25, -0.2) is 0 Å². The molecule has 0 radical (unpaired) electrons. The van der Waals surface area contributed by atoms with Crippen molar-refractivity contribution in [3.8, 4) is 0 Å². The highest BCUT2D eigenvalue weighted by molar-refractivity contribution is 7.99. The van der Waals surface area contributed by atoms with E-state index in [-0.39, 0.29) is 5.41 Å². The third-order valence-electron chi connectivity index (χ3n) is 2.20. The van der Waals surface area contributed by atoms with Crippen molar-refractivity contribution in [3.63, 3.8) is 0 Å². The number of hydrogen-bond acceptors (Lipinski definition) is 3. The highest BCUT2D eigenvalue weighted by atomic mass is 32.2. The smallest absolute Gasteiger partial charge is 0.145 e. The molecule has 0 aromatic heterocycles. The van der Waals surface area contributed by atoms with Crippen molar-refractivity contribution in [2.24, 2.45) is 5.41 Å². The fourth-order valence-corrected chi connectivity index (χ4v) is 2.56. The predicted molar refractivity (Wildman–Crippen MR) is 40.2 cm³/mol. The molecule has 0 aromatic carbocycles. The lowest BCUT2D eigenvalue weighted by Crippen LogP contribution is -2.52. The van der Waals surface area contributed by atoms with E-state index in [0.717, 1.165) is 17.9 Å². The zero-order valence-corrected chi connectivity index (χ0v) is 6.58. The number of hydrogen-bond donors (Lipinski definition) is 0. The fourth-order valence-electron chi connectivity index (χ4n) is 1.37. The van der Waals surface area contributed by atoms with Crippen LogP contribution < -0.4 is 0 Å². The molecule has 2 nitrogen and oxygen atoms in total. The lowest BCUT2D eigenvalue weighted by molar-refractivity contribution is -0.154. The Labute approximate surface area is 64.3 Å². The van der Waals surface area contributed by atoms with Crippen LogP contribution in [0, 0.1) is 5.41 Å². The fraction of sp³-hybridized carbons (Fsp3) is 0.857. The van der Waals surface area contributed by atoms with Crippen molar-refractivity contribution >= 4 is 17.5 Å². The molecule has 2 aliphatic rings. The third-order valence-corrected chi connectivity index (χ3v) is 3.45. The van der Waals surface area contributed by atoms with Crippen LogP contribution >= 0.6 is 11.8 Å². The Hall–Kier alpha value is -0.0200. The van der Waals surface area contributed by atoms with E-state index in [9.17, 15) is 4.79 Å². The summed E-state index contributed by atoms with van der Waals surface area (Å²) in [7, 11) is 0. The molecule has 0 N–H and O–H groups in total. The van der Waals surface area contributed by atoms with E-state index in [0.29, 0.717) is 19.0 Å². The lowest BCUT2D eigenvalue weighted by Gasteiger charge is -2.42. The van der Waals surface area contributed by atoms with Crippen molar-refractivity contribution in [2.75, 3.05) is 24.7 Å². The second kappa shape index (κ2) is 2.24. The SMILES string of the molecule is O=C1CCSCC12COC2. The normalized spacial score (nSPS) is 30.2. The van der Waals surface area contributed by atoms with E-state index >= 15 is 0 Å². The minimum absolute atomic E-state index is 0.0388. The molecular formula is C7H10O2S. The zero-order chi connectivity index (χ0) is 7.03. The third kappa shape index (κ3) is 0.805. The summed E-state index contributed by atoms with van der Waals surface area (Å²) in [6.07, 6.45) is 0.758. The van der Waals surface area contributed by atoms with Crippen molar-refractivity contribution in [1.29, 1.82) is 0 Å². The average molecular weight is 158 g/mol. The summed E-state index contributed by atoms with van der Waals surface area (Å²) in [6.45, 7) is 1.36. The molecular weight excluding hydrogens is 148 g/mol. The Kier molecular flexibility index (Phi) is 1.49. The van der Waals surface area contributed by atoms with Crippen LogP contribution in [0.4, 0.5) is 0 Å². The summed E-state index contributed by atoms with van der Waals surface area (Å²) < 4.78 is 5.05. The van der Waals surface area contributed by atoms with Crippen LogP contribution in [-0.2, 0) is 9.53 Å². The molecule has 0 saturated carbocycles. The van der Waals surface area contributed by atoms with Crippen LogP contribution in [0.2, 0.25) is 0 Å².